The Balaban J connectivity index is 1.93. The Hall–Kier alpha value is -2.91. The molecule has 138 valence electrons. The molecule has 0 amide bonds. The molecule has 0 spiro atoms. The van der Waals surface area contributed by atoms with Gasteiger partial charge in [-0.3, -0.25) is 4.98 Å². The minimum Gasteiger partial charge on any atom is -0.380 e. The molecule has 0 bridgehead atoms. The lowest BCUT2D eigenvalue weighted by Gasteiger charge is -2.25. The first kappa shape index (κ1) is 17.5. The van der Waals surface area contributed by atoms with Crippen LogP contribution < -0.4 is 5.32 Å². The fraction of sp³-hybridized carbons (Fsp3) is 0.381. The number of nitriles is 1. The molecule has 1 N–H and O–H groups in total. The van der Waals surface area contributed by atoms with Gasteiger partial charge in [0.1, 0.15) is 5.82 Å². The second-order valence-electron chi connectivity index (χ2n) is 7.16. The van der Waals surface area contributed by atoms with Crippen LogP contribution in [-0.2, 0) is 17.2 Å². The van der Waals surface area contributed by atoms with Gasteiger partial charge in [0.05, 0.1) is 41.3 Å². The van der Waals surface area contributed by atoms with E-state index in [1.807, 2.05) is 43.1 Å². The lowest BCUT2D eigenvalue weighted by molar-refractivity contribution is 0.174. The van der Waals surface area contributed by atoms with Gasteiger partial charge in [0.2, 0.25) is 0 Å². The van der Waals surface area contributed by atoms with E-state index in [2.05, 4.69) is 29.5 Å². The van der Waals surface area contributed by atoms with E-state index >= 15 is 0 Å². The van der Waals surface area contributed by atoms with Gasteiger partial charge in [-0.2, -0.15) is 5.26 Å². The van der Waals surface area contributed by atoms with Crippen molar-refractivity contribution in [3.05, 3.63) is 41.9 Å². The molecule has 0 aromatic carbocycles. The summed E-state index contributed by atoms with van der Waals surface area (Å²) in [6.45, 7) is 3.57. The van der Waals surface area contributed by atoms with Crippen LogP contribution in [0.5, 0.6) is 0 Å². The molecule has 1 atom stereocenters. The number of rotatable bonds is 4. The highest BCUT2D eigenvalue weighted by atomic mass is 16.5. The van der Waals surface area contributed by atoms with Gasteiger partial charge in [-0.1, -0.05) is 6.92 Å². The third-order valence-electron chi connectivity index (χ3n) is 5.69. The number of pyridine rings is 2. The Kier molecular flexibility index (Phi) is 4.33. The Morgan fingerprint density at radius 3 is 2.89 bits per heavy atom. The smallest absolute Gasteiger partial charge is 0.126 e. The number of aromatic nitrogens is 3. The molecular weight excluding hydrogens is 338 g/mol. The molecule has 27 heavy (non-hydrogen) atoms. The van der Waals surface area contributed by atoms with E-state index in [-0.39, 0.29) is 5.41 Å². The summed E-state index contributed by atoms with van der Waals surface area (Å²) in [5, 5.41) is 13.8. The zero-order valence-corrected chi connectivity index (χ0v) is 15.9. The summed E-state index contributed by atoms with van der Waals surface area (Å²) in [6, 6.07) is 8.13. The van der Waals surface area contributed by atoms with Gasteiger partial charge in [0.15, 0.2) is 0 Å². The molecule has 6 heteroatoms. The number of ether oxygens (including phenoxy) is 1. The van der Waals surface area contributed by atoms with Crippen molar-refractivity contribution in [3.8, 4) is 17.3 Å². The molecule has 3 aromatic heterocycles. The quantitative estimate of drug-likeness (QED) is 0.768. The average molecular weight is 361 g/mol. The van der Waals surface area contributed by atoms with Crippen molar-refractivity contribution in [2.24, 2.45) is 7.05 Å². The van der Waals surface area contributed by atoms with Gasteiger partial charge in [-0.25, -0.2) is 4.98 Å². The van der Waals surface area contributed by atoms with Gasteiger partial charge in [0.25, 0.3) is 0 Å². The highest BCUT2D eigenvalue weighted by Gasteiger charge is 2.37. The van der Waals surface area contributed by atoms with E-state index in [4.69, 9.17) is 9.72 Å². The highest BCUT2D eigenvalue weighted by molar-refractivity contribution is 5.96. The third kappa shape index (κ3) is 2.84. The lowest BCUT2D eigenvalue weighted by Crippen LogP contribution is -2.27. The van der Waals surface area contributed by atoms with Crippen LogP contribution in [0.4, 0.5) is 5.82 Å². The van der Waals surface area contributed by atoms with Crippen molar-refractivity contribution in [1.29, 1.82) is 5.26 Å². The fourth-order valence-corrected chi connectivity index (χ4v) is 3.89. The first-order chi connectivity index (χ1) is 13.1. The summed E-state index contributed by atoms with van der Waals surface area (Å²) in [7, 11) is 3.86. The maximum Gasteiger partial charge on any atom is 0.126 e. The Morgan fingerprint density at radius 1 is 1.37 bits per heavy atom. The number of nitrogens with one attached hydrogen (secondary N) is 1. The Morgan fingerprint density at radius 2 is 2.22 bits per heavy atom. The van der Waals surface area contributed by atoms with Crippen LogP contribution in [0.3, 0.4) is 0 Å². The molecular formula is C21H23N5O. The topological polar surface area (TPSA) is 75.8 Å². The lowest BCUT2D eigenvalue weighted by atomic mass is 9.80. The predicted octanol–water partition coefficient (Wildman–Crippen LogP) is 3.62. The van der Waals surface area contributed by atoms with E-state index in [9.17, 15) is 5.26 Å². The van der Waals surface area contributed by atoms with Gasteiger partial charge < -0.3 is 14.6 Å². The molecule has 3 aromatic rings. The van der Waals surface area contributed by atoms with E-state index in [1.165, 1.54) is 0 Å². The summed E-state index contributed by atoms with van der Waals surface area (Å²) in [5.74, 6) is 0.806. The van der Waals surface area contributed by atoms with Crippen molar-refractivity contribution in [2.45, 2.75) is 25.2 Å². The number of aryl methyl sites for hydroxylation is 1. The molecule has 0 unspecified atom stereocenters. The van der Waals surface area contributed by atoms with Crippen LogP contribution in [-0.4, -0.2) is 34.8 Å². The standard InChI is InChI=1S/C21H23N5O/c1-4-21(5-6-27-13-21)19-8-14(10-22)7-17(25-19)16-12-26(3)18-11-24-20(23-2)9-15(16)18/h7-9,11-12H,4-6,13H2,1-3H3,(H,23,24)/t21-/m0/s1. The normalized spacial score (nSPS) is 19.3. The maximum atomic E-state index is 9.60. The molecule has 4 rings (SSSR count). The Bertz CT molecular complexity index is 1040. The molecule has 1 fully saturated rings. The van der Waals surface area contributed by atoms with Gasteiger partial charge >= 0.3 is 0 Å². The largest absolute Gasteiger partial charge is 0.380 e. The molecule has 0 aliphatic carbocycles. The number of hydrogen-bond acceptors (Lipinski definition) is 5. The van der Waals surface area contributed by atoms with E-state index in [0.717, 1.165) is 53.1 Å². The monoisotopic (exact) mass is 361 g/mol. The van der Waals surface area contributed by atoms with Crippen LogP contribution in [0.15, 0.2) is 30.6 Å². The summed E-state index contributed by atoms with van der Waals surface area (Å²) >= 11 is 0. The summed E-state index contributed by atoms with van der Waals surface area (Å²) < 4.78 is 7.73. The highest BCUT2D eigenvalue weighted by Crippen LogP contribution is 2.38. The molecule has 1 saturated heterocycles. The zero-order valence-electron chi connectivity index (χ0n) is 15.9. The summed E-state index contributed by atoms with van der Waals surface area (Å²) in [6.07, 6.45) is 5.80. The van der Waals surface area contributed by atoms with Crippen molar-refractivity contribution in [2.75, 3.05) is 25.6 Å². The SMILES string of the molecule is CC[C@]1(c2cc(C#N)cc(-c3cn(C)c4cnc(NC)cc34)n2)CCOC1. The Labute approximate surface area is 158 Å². The average Bonchev–Trinajstić information content (AvgIpc) is 3.33. The van der Waals surface area contributed by atoms with Crippen molar-refractivity contribution in [3.63, 3.8) is 0 Å². The third-order valence-corrected chi connectivity index (χ3v) is 5.69. The van der Waals surface area contributed by atoms with E-state index in [0.29, 0.717) is 12.2 Å². The van der Waals surface area contributed by atoms with Crippen LogP contribution >= 0.6 is 0 Å². The van der Waals surface area contributed by atoms with Crippen molar-refractivity contribution >= 4 is 16.7 Å². The minimum atomic E-state index is -0.107. The maximum absolute atomic E-state index is 9.60. The van der Waals surface area contributed by atoms with Crippen LogP contribution in [0, 0.1) is 11.3 Å². The molecule has 1 aliphatic rings. The molecule has 4 heterocycles. The van der Waals surface area contributed by atoms with Gasteiger partial charge in [-0.05, 0) is 31.0 Å². The van der Waals surface area contributed by atoms with Crippen LogP contribution in [0.1, 0.15) is 31.0 Å². The number of fused-ring (bicyclic) bond motifs is 1. The summed E-state index contributed by atoms with van der Waals surface area (Å²) in [5.41, 5.74) is 4.34. The molecule has 0 saturated carbocycles. The minimum absolute atomic E-state index is 0.107. The first-order valence-corrected chi connectivity index (χ1v) is 9.24. The van der Waals surface area contributed by atoms with Gasteiger partial charge in [-0.15, -0.1) is 0 Å². The molecule has 6 nitrogen and oxygen atoms in total. The molecule has 1 aliphatic heterocycles. The second kappa shape index (κ2) is 6.67. The van der Waals surface area contributed by atoms with Crippen LogP contribution in [0.25, 0.3) is 22.2 Å². The summed E-state index contributed by atoms with van der Waals surface area (Å²) in [4.78, 5) is 9.42. The van der Waals surface area contributed by atoms with E-state index in [1.54, 1.807) is 0 Å². The van der Waals surface area contributed by atoms with E-state index < -0.39 is 0 Å². The van der Waals surface area contributed by atoms with Crippen LogP contribution in [0.2, 0.25) is 0 Å². The van der Waals surface area contributed by atoms with Crippen molar-refractivity contribution < 1.29 is 4.74 Å². The zero-order chi connectivity index (χ0) is 19.0. The van der Waals surface area contributed by atoms with Gasteiger partial charge in [0, 0.05) is 43.3 Å². The molecule has 0 radical (unpaired) electrons. The number of nitrogens with zero attached hydrogens (tertiary/aromatic N) is 4. The number of hydrogen-bond donors (Lipinski definition) is 1. The van der Waals surface area contributed by atoms with Crippen molar-refractivity contribution in [1.82, 2.24) is 14.5 Å². The number of anilines is 1. The fourth-order valence-electron chi connectivity index (χ4n) is 3.89. The second-order valence-corrected chi connectivity index (χ2v) is 7.16. The predicted molar refractivity (Wildman–Crippen MR) is 106 cm³/mol. The first-order valence-electron chi connectivity index (χ1n) is 9.24.